The quantitative estimate of drug-likeness (QED) is 0.0575. The molecule has 9 nitrogen and oxygen atoms in total. The Labute approximate surface area is 345 Å². The smallest absolute Gasteiger partial charge is 0.200 e. The van der Waals surface area contributed by atoms with Gasteiger partial charge in [0.2, 0.25) is 8.32 Å². The zero-order valence-corrected chi connectivity index (χ0v) is 37.8. The molecule has 1 aliphatic rings. The Morgan fingerprint density at radius 3 is 2.14 bits per heavy atom. The lowest BCUT2D eigenvalue weighted by Crippen LogP contribution is -2.48. The van der Waals surface area contributed by atoms with Gasteiger partial charge in [0.15, 0.2) is 11.6 Å². The van der Waals surface area contributed by atoms with E-state index in [1.807, 2.05) is 88.4 Å². The number of ketones is 1. The Kier molecular flexibility index (Phi) is 19.8. The molecule has 3 rings (SSSR count). The number of rotatable bonds is 25. The number of benzene rings is 2. The average molecular weight is 811 g/mol. The van der Waals surface area contributed by atoms with Crippen LogP contribution >= 0.6 is 0 Å². The molecule has 320 valence electrons. The van der Waals surface area contributed by atoms with Crippen LogP contribution in [0.25, 0.3) is 0 Å². The number of methoxy groups -OCH3 is 1. The Balaban J connectivity index is 1.80. The van der Waals surface area contributed by atoms with E-state index in [-0.39, 0.29) is 31.2 Å². The topological polar surface area (TPSA) is 113 Å². The van der Waals surface area contributed by atoms with E-state index in [4.69, 9.17) is 28.1 Å². The second-order valence-electron chi connectivity index (χ2n) is 17.6. The molecule has 0 aromatic heterocycles. The van der Waals surface area contributed by atoms with E-state index in [0.717, 1.165) is 22.4 Å². The molecule has 1 heterocycles. The van der Waals surface area contributed by atoms with Gasteiger partial charge in [-0.2, -0.15) is 0 Å². The number of allylic oxidation sites excluding steroid dienone is 2. The lowest BCUT2D eigenvalue weighted by molar-refractivity contribution is -0.305. The SMILES string of the molecule is COc1ccc(COC[C@H](O)C/C(=C\CO[Si](C(C)C)(C(C)C)C(C)C)C/C=C/C(=O)C(C)(C)[C@H](C[C@H]2C[C@H](CCO)OC(C)(C)O2)OCc2ccccc2)cc1. The van der Waals surface area contributed by atoms with Crippen molar-refractivity contribution >= 4 is 14.1 Å². The van der Waals surface area contributed by atoms with Crippen molar-refractivity contribution in [3.8, 4) is 5.75 Å². The minimum atomic E-state index is -2.11. The Morgan fingerprint density at radius 1 is 0.930 bits per heavy atom. The molecule has 2 aromatic carbocycles. The molecule has 1 fully saturated rings. The van der Waals surface area contributed by atoms with Crippen molar-refractivity contribution in [2.45, 2.75) is 161 Å². The maximum absolute atomic E-state index is 14.2. The van der Waals surface area contributed by atoms with Crippen LogP contribution in [0.2, 0.25) is 16.6 Å². The second kappa shape index (κ2) is 23.2. The molecule has 2 aromatic rings. The highest BCUT2D eigenvalue weighted by molar-refractivity contribution is 6.77. The molecular weight excluding hydrogens is 737 g/mol. The summed E-state index contributed by atoms with van der Waals surface area (Å²) >= 11 is 0. The molecule has 0 saturated carbocycles. The van der Waals surface area contributed by atoms with Crippen molar-refractivity contribution in [2.24, 2.45) is 5.41 Å². The summed E-state index contributed by atoms with van der Waals surface area (Å²) in [5.74, 6) is -0.0889. The predicted molar refractivity (Wildman–Crippen MR) is 231 cm³/mol. The molecule has 0 unspecified atom stereocenters. The van der Waals surface area contributed by atoms with Gasteiger partial charge in [-0.05, 0) is 79.1 Å². The van der Waals surface area contributed by atoms with Crippen molar-refractivity contribution in [3.63, 3.8) is 0 Å². The maximum atomic E-state index is 14.2. The lowest BCUT2D eigenvalue weighted by atomic mass is 9.78. The number of carbonyl (C=O) groups is 1. The van der Waals surface area contributed by atoms with Gasteiger partial charge in [-0.1, -0.05) is 116 Å². The van der Waals surface area contributed by atoms with Gasteiger partial charge in [-0.15, -0.1) is 0 Å². The Hall–Kier alpha value is -2.67. The number of ether oxygens (including phenoxy) is 5. The van der Waals surface area contributed by atoms with E-state index in [0.29, 0.717) is 68.5 Å². The van der Waals surface area contributed by atoms with Crippen LogP contribution in [0.15, 0.2) is 78.4 Å². The van der Waals surface area contributed by atoms with Crippen LogP contribution in [-0.4, -0.2) is 81.4 Å². The summed E-state index contributed by atoms with van der Waals surface area (Å²) in [7, 11) is -0.475. The summed E-state index contributed by atoms with van der Waals surface area (Å²) in [6.45, 7) is 22.7. The lowest BCUT2D eigenvalue weighted by Gasteiger charge is -2.43. The van der Waals surface area contributed by atoms with Gasteiger partial charge >= 0.3 is 0 Å². The van der Waals surface area contributed by atoms with E-state index in [2.05, 4.69) is 47.6 Å². The molecule has 4 atom stereocenters. The van der Waals surface area contributed by atoms with E-state index in [1.54, 1.807) is 13.2 Å². The highest BCUT2D eigenvalue weighted by atomic mass is 28.4. The number of aliphatic hydroxyl groups excluding tert-OH is 2. The van der Waals surface area contributed by atoms with E-state index in [9.17, 15) is 15.0 Å². The first-order valence-electron chi connectivity index (χ1n) is 21.0. The fourth-order valence-corrected chi connectivity index (χ4v) is 13.8. The van der Waals surface area contributed by atoms with Crippen molar-refractivity contribution in [3.05, 3.63) is 89.5 Å². The largest absolute Gasteiger partial charge is 0.497 e. The zero-order valence-electron chi connectivity index (χ0n) is 36.8. The molecule has 0 spiro atoms. The summed E-state index contributed by atoms with van der Waals surface area (Å²) < 4.78 is 37.1. The van der Waals surface area contributed by atoms with Gasteiger partial charge in [0.05, 0.1) is 63.4 Å². The molecule has 0 bridgehead atoms. The highest BCUT2D eigenvalue weighted by Crippen LogP contribution is 2.42. The summed E-state index contributed by atoms with van der Waals surface area (Å²) in [6, 6.07) is 17.7. The third kappa shape index (κ3) is 15.1. The highest BCUT2D eigenvalue weighted by Gasteiger charge is 2.45. The fourth-order valence-electron chi connectivity index (χ4n) is 8.41. The van der Waals surface area contributed by atoms with Crippen molar-refractivity contribution in [2.75, 3.05) is 26.9 Å². The first-order chi connectivity index (χ1) is 26.9. The van der Waals surface area contributed by atoms with Gasteiger partial charge in [-0.25, -0.2) is 0 Å². The van der Waals surface area contributed by atoms with E-state index >= 15 is 0 Å². The van der Waals surface area contributed by atoms with Crippen LogP contribution in [0, 0.1) is 5.41 Å². The van der Waals surface area contributed by atoms with Crippen LogP contribution in [-0.2, 0) is 41.4 Å². The minimum absolute atomic E-state index is 0.0302. The number of hydrogen-bond donors (Lipinski definition) is 2. The number of hydrogen-bond acceptors (Lipinski definition) is 9. The zero-order chi connectivity index (χ0) is 42.2. The van der Waals surface area contributed by atoms with Gasteiger partial charge in [0.25, 0.3) is 0 Å². The van der Waals surface area contributed by atoms with Crippen LogP contribution in [0.5, 0.6) is 5.75 Å². The number of carbonyl (C=O) groups excluding carboxylic acids is 1. The molecule has 0 aliphatic carbocycles. The molecule has 1 aliphatic heterocycles. The third-order valence-electron chi connectivity index (χ3n) is 11.4. The van der Waals surface area contributed by atoms with Gasteiger partial charge in [0, 0.05) is 19.4 Å². The number of aliphatic hydroxyl groups is 2. The van der Waals surface area contributed by atoms with Gasteiger partial charge in [-0.3, -0.25) is 4.79 Å². The van der Waals surface area contributed by atoms with E-state index < -0.39 is 31.7 Å². The predicted octanol–water partition coefficient (Wildman–Crippen LogP) is 9.89. The molecule has 0 radical (unpaired) electrons. The fraction of sp³-hybridized carbons (Fsp3) is 0.638. The van der Waals surface area contributed by atoms with Crippen LogP contribution in [0.1, 0.15) is 112 Å². The monoisotopic (exact) mass is 811 g/mol. The summed E-state index contributed by atoms with van der Waals surface area (Å²) in [5, 5.41) is 20.8. The molecular formula is C47H74O9Si. The van der Waals surface area contributed by atoms with Crippen LogP contribution in [0.3, 0.4) is 0 Å². The van der Waals surface area contributed by atoms with Crippen molar-refractivity contribution < 1.29 is 43.1 Å². The summed E-state index contributed by atoms with van der Waals surface area (Å²) in [5.41, 5.74) is 3.46. The standard InChI is InChI=1S/C47H74O9Si/c1-34(2)57(35(3)4,36(5)6)54-27-25-37(28-40(49)33-52-31-39-20-22-41(51-11)23-21-39)18-15-19-44(50)46(7,8)45(53-32-38-16-13-12-14-17-38)30-43-29-42(24-26-48)55-47(9,10)56-43/h12-17,19-23,25,34-36,40,42-43,45,48-49H,18,24,26-33H2,1-11H3/b19-15+,37-25-/t40-,42+,43-,45+/m1/s1. The normalized spacial score (nSPS) is 19.1. The van der Waals surface area contributed by atoms with Crippen LogP contribution < -0.4 is 4.74 Å². The first-order valence-corrected chi connectivity index (χ1v) is 23.1. The molecule has 2 N–H and O–H groups in total. The van der Waals surface area contributed by atoms with Crippen molar-refractivity contribution in [1.29, 1.82) is 0 Å². The Morgan fingerprint density at radius 2 is 1.54 bits per heavy atom. The average Bonchev–Trinajstić information content (AvgIpc) is 3.14. The Bertz CT molecular complexity index is 1500. The minimum Gasteiger partial charge on any atom is -0.497 e. The summed E-state index contributed by atoms with van der Waals surface area (Å²) in [6.07, 6.45) is 6.59. The van der Waals surface area contributed by atoms with E-state index in [1.165, 1.54) is 0 Å². The molecule has 10 heteroatoms. The molecule has 1 saturated heterocycles. The molecule has 0 amide bonds. The van der Waals surface area contributed by atoms with Gasteiger partial charge < -0.3 is 38.3 Å². The first kappa shape index (κ1) is 48.7. The third-order valence-corrected chi connectivity index (χ3v) is 17.5. The van der Waals surface area contributed by atoms with Crippen molar-refractivity contribution in [1.82, 2.24) is 0 Å². The molecule has 57 heavy (non-hydrogen) atoms. The van der Waals surface area contributed by atoms with Gasteiger partial charge in [0.1, 0.15) is 5.75 Å². The van der Waals surface area contributed by atoms with Crippen LogP contribution in [0.4, 0.5) is 0 Å². The summed E-state index contributed by atoms with van der Waals surface area (Å²) in [4.78, 5) is 14.2. The second-order valence-corrected chi connectivity index (χ2v) is 23.0. The maximum Gasteiger partial charge on any atom is 0.200 e.